The predicted octanol–water partition coefficient (Wildman–Crippen LogP) is 5.09. The van der Waals surface area contributed by atoms with E-state index in [0.717, 1.165) is 23.9 Å². The van der Waals surface area contributed by atoms with Crippen LogP contribution in [0.2, 0.25) is 0 Å². The van der Waals surface area contributed by atoms with Crippen molar-refractivity contribution in [1.82, 2.24) is 20.1 Å². The summed E-state index contributed by atoms with van der Waals surface area (Å²) in [5.41, 5.74) is 0.237. The minimum Gasteiger partial charge on any atom is -0.497 e. The SMILES string of the molecule is COc1ccc(C(=O)NCc2nnc(SCC(=O)Nc3ccc(F)cc3)n2-c2ccc(C(F)(F)F)cc2)cc1. The fourth-order valence-electron chi connectivity index (χ4n) is 3.43. The maximum Gasteiger partial charge on any atom is 0.416 e. The molecule has 4 rings (SSSR count). The first kappa shape index (κ1) is 27.6. The van der Waals surface area contributed by atoms with Gasteiger partial charge in [-0.25, -0.2) is 4.39 Å². The molecule has 0 radical (unpaired) electrons. The van der Waals surface area contributed by atoms with Gasteiger partial charge in [0.15, 0.2) is 11.0 Å². The second kappa shape index (κ2) is 12.0. The number of ether oxygens (including phenoxy) is 1. The van der Waals surface area contributed by atoms with Crippen LogP contribution >= 0.6 is 11.8 Å². The first-order valence-corrected chi connectivity index (χ1v) is 12.3. The summed E-state index contributed by atoms with van der Waals surface area (Å²) in [6.07, 6.45) is -4.52. The molecule has 13 heteroatoms. The largest absolute Gasteiger partial charge is 0.497 e. The first-order chi connectivity index (χ1) is 18.6. The van der Waals surface area contributed by atoms with Crippen LogP contribution in [0.5, 0.6) is 5.75 Å². The van der Waals surface area contributed by atoms with Crippen molar-refractivity contribution in [1.29, 1.82) is 0 Å². The highest BCUT2D eigenvalue weighted by atomic mass is 32.2. The van der Waals surface area contributed by atoms with Crippen molar-refractivity contribution in [3.63, 3.8) is 0 Å². The zero-order valence-corrected chi connectivity index (χ0v) is 21.1. The summed E-state index contributed by atoms with van der Waals surface area (Å²) in [5.74, 6) is -0.570. The van der Waals surface area contributed by atoms with Crippen molar-refractivity contribution in [2.45, 2.75) is 17.9 Å². The monoisotopic (exact) mass is 559 g/mol. The number of rotatable bonds is 9. The lowest BCUT2D eigenvalue weighted by atomic mass is 10.2. The van der Waals surface area contributed by atoms with Gasteiger partial charge >= 0.3 is 6.18 Å². The molecule has 0 fully saturated rings. The molecule has 0 spiro atoms. The third-order valence-corrected chi connectivity index (χ3v) is 6.30. The Balaban J connectivity index is 1.53. The van der Waals surface area contributed by atoms with Crippen LogP contribution in [-0.2, 0) is 17.5 Å². The number of carbonyl (C=O) groups excluding carboxylic acids is 2. The predicted molar refractivity (Wildman–Crippen MR) is 136 cm³/mol. The lowest BCUT2D eigenvalue weighted by Crippen LogP contribution is -2.24. The Kier molecular flexibility index (Phi) is 8.49. The van der Waals surface area contributed by atoms with Gasteiger partial charge in [0.25, 0.3) is 5.91 Å². The first-order valence-electron chi connectivity index (χ1n) is 11.4. The highest BCUT2D eigenvalue weighted by Crippen LogP contribution is 2.31. The number of hydrogen-bond donors (Lipinski definition) is 2. The minimum atomic E-state index is -4.52. The third-order valence-electron chi connectivity index (χ3n) is 5.37. The van der Waals surface area contributed by atoms with Gasteiger partial charge in [-0.05, 0) is 72.8 Å². The number of anilines is 1. The summed E-state index contributed by atoms with van der Waals surface area (Å²) < 4.78 is 58.9. The summed E-state index contributed by atoms with van der Waals surface area (Å²) in [6.45, 7) is -0.0960. The van der Waals surface area contributed by atoms with Gasteiger partial charge in [0, 0.05) is 16.9 Å². The van der Waals surface area contributed by atoms with Crippen molar-refractivity contribution in [3.8, 4) is 11.4 Å². The van der Waals surface area contributed by atoms with Crippen LogP contribution in [0, 0.1) is 5.82 Å². The van der Waals surface area contributed by atoms with Gasteiger partial charge in [-0.3, -0.25) is 14.2 Å². The Bertz CT molecular complexity index is 1440. The molecule has 1 aromatic heterocycles. The molecule has 0 unspecified atom stereocenters. The van der Waals surface area contributed by atoms with E-state index in [2.05, 4.69) is 20.8 Å². The number of amides is 2. The minimum absolute atomic E-state index is 0.0960. The van der Waals surface area contributed by atoms with Gasteiger partial charge in [-0.2, -0.15) is 13.2 Å². The van der Waals surface area contributed by atoms with E-state index in [1.54, 1.807) is 24.3 Å². The molecule has 202 valence electrons. The Labute approximate surface area is 224 Å². The Hall–Kier alpha value is -4.39. The fourth-order valence-corrected chi connectivity index (χ4v) is 4.20. The summed E-state index contributed by atoms with van der Waals surface area (Å²) in [4.78, 5) is 25.0. The fraction of sp³-hybridized carbons (Fsp3) is 0.154. The summed E-state index contributed by atoms with van der Waals surface area (Å²) in [5, 5.41) is 13.7. The van der Waals surface area contributed by atoms with Crippen LogP contribution in [0.3, 0.4) is 0 Å². The van der Waals surface area contributed by atoms with Crippen molar-refractivity contribution >= 4 is 29.3 Å². The van der Waals surface area contributed by atoms with E-state index in [9.17, 15) is 27.2 Å². The Morgan fingerprint density at radius 3 is 2.23 bits per heavy atom. The number of benzene rings is 3. The summed E-state index contributed by atoms with van der Waals surface area (Å²) in [7, 11) is 1.51. The molecule has 0 aliphatic rings. The number of thioether (sulfide) groups is 1. The van der Waals surface area contributed by atoms with Gasteiger partial charge in [0.05, 0.1) is 25.0 Å². The van der Waals surface area contributed by atoms with E-state index in [-0.39, 0.29) is 23.3 Å². The highest BCUT2D eigenvalue weighted by molar-refractivity contribution is 7.99. The molecule has 0 aliphatic heterocycles. The maximum atomic E-state index is 13.1. The zero-order chi connectivity index (χ0) is 28.0. The number of nitrogens with one attached hydrogen (secondary N) is 2. The van der Waals surface area contributed by atoms with E-state index in [1.165, 1.54) is 48.1 Å². The van der Waals surface area contributed by atoms with Gasteiger partial charge in [0.1, 0.15) is 11.6 Å². The molecular weight excluding hydrogens is 538 g/mol. The van der Waals surface area contributed by atoms with Crippen LogP contribution in [0.25, 0.3) is 5.69 Å². The Morgan fingerprint density at radius 1 is 0.949 bits per heavy atom. The molecular formula is C26H21F4N5O3S. The van der Waals surface area contributed by atoms with Crippen molar-refractivity contribution in [3.05, 3.63) is 95.6 Å². The highest BCUT2D eigenvalue weighted by Gasteiger charge is 2.30. The molecule has 0 saturated heterocycles. The van der Waals surface area contributed by atoms with E-state index < -0.39 is 29.4 Å². The maximum absolute atomic E-state index is 13.1. The van der Waals surface area contributed by atoms with Crippen LogP contribution in [0.15, 0.2) is 78.0 Å². The molecule has 3 aromatic carbocycles. The molecule has 8 nitrogen and oxygen atoms in total. The third kappa shape index (κ3) is 7.13. The second-order valence-electron chi connectivity index (χ2n) is 8.03. The standard InChI is InChI=1S/C26H21F4N5O3S/c1-38-21-12-2-16(3-13-21)24(37)31-14-22-33-34-25(35(22)20-10-4-17(5-11-20)26(28,29)30)39-15-23(36)32-19-8-6-18(27)7-9-19/h2-13H,14-15H2,1H3,(H,31,37)(H,32,36). The molecule has 2 N–H and O–H groups in total. The summed E-state index contributed by atoms with van der Waals surface area (Å²) >= 11 is 0.992. The van der Waals surface area contributed by atoms with Gasteiger partial charge < -0.3 is 15.4 Å². The smallest absolute Gasteiger partial charge is 0.416 e. The lowest BCUT2D eigenvalue weighted by molar-refractivity contribution is -0.137. The van der Waals surface area contributed by atoms with E-state index in [0.29, 0.717) is 22.7 Å². The molecule has 0 aliphatic carbocycles. The quantitative estimate of drug-likeness (QED) is 0.219. The molecule has 0 atom stereocenters. The van der Waals surface area contributed by atoms with Crippen LogP contribution in [-0.4, -0.2) is 39.4 Å². The lowest BCUT2D eigenvalue weighted by Gasteiger charge is -2.13. The number of nitrogens with zero attached hydrogens (tertiary/aromatic N) is 3. The average Bonchev–Trinajstić information content (AvgIpc) is 3.34. The van der Waals surface area contributed by atoms with Gasteiger partial charge in [-0.15, -0.1) is 10.2 Å². The average molecular weight is 560 g/mol. The molecule has 39 heavy (non-hydrogen) atoms. The van der Waals surface area contributed by atoms with Crippen LogP contribution in [0.4, 0.5) is 23.2 Å². The zero-order valence-electron chi connectivity index (χ0n) is 20.3. The van der Waals surface area contributed by atoms with Crippen molar-refractivity contribution in [2.75, 3.05) is 18.2 Å². The molecule has 4 aromatic rings. The number of carbonyl (C=O) groups is 2. The number of halogens is 4. The van der Waals surface area contributed by atoms with Crippen LogP contribution in [0.1, 0.15) is 21.7 Å². The van der Waals surface area contributed by atoms with Crippen molar-refractivity contribution < 1.29 is 31.9 Å². The Morgan fingerprint density at radius 2 is 1.62 bits per heavy atom. The summed E-state index contributed by atoms with van der Waals surface area (Å²) in [6, 6.07) is 16.0. The number of aromatic nitrogens is 3. The molecule has 0 saturated carbocycles. The van der Waals surface area contributed by atoms with E-state index >= 15 is 0 Å². The topological polar surface area (TPSA) is 98.1 Å². The molecule has 2 amide bonds. The van der Waals surface area contributed by atoms with Gasteiger partial charge in [-0.1, -0.05) is 11.8 Å². The normalized spacial score (nSPS) is 11.2. The number of alkyl halides is 3. The number of methoxy groups -OCH3 is 1. The van der Waals surface area contributed by atoms with Gasteiger partial charge in [0.2, 0.25) is 5.91 Å². The van der Waals surface area contributed by atoms with Crippen molar-refractivity contribution in [2.24, 2.45) is 0 Å². The van der Waals surface area contributed by atoms with E-state index in [4.69, 9.17) is 4.74 Å². The van der Waals surface area contributed by atoms with Crippen LogP contribution < -0.4 is 15.4 Å². The molecule has 1 heterocycles. The second-order valence-corrected chi connectivity index (χ2v) is 8.98. The molecule has 0 bridgehead atoms. The number of hydrogen-bond acceptors (Lipinski definition) is 6. The van der Waals surface area contributed by atoms with E-state index in [1.807, 2.05) is 0 Å².